The van der Waals surface area contributed by atoms with Crippen LogP contribution in [0.1, 0.15) is 41.0 Å². The van der Waals surface area contributed by atoms with Gasteiger partial charge in [-0.25, -0.2) is 0 Å². The lowest BCUT2D eigenvalue weighted by Crippen LogP contribution is -2.35. The van der Waals surface area contributed by atoms with Crippen molar-refractivity contribution in [1.82, 2.24) is 25.3 Å². The quantitative estimate of drug-likeness (QED) is 0.916. The average molecular weight is 262 g/mol. The van der Waals surface area contributed by atoms with Crippen molar-refractivity contribution >= 4 is 11.5 Å². The van der Waals surface area contributed by atoms with Crippen molar-refractivity contribution in [3.63, 3.8) is 0 Å². The van der Waals surface area contributed by atoms with E-state index < -0.39 is 0 Å². The Hall–Kier alpha value is -1.72. The summed E-state index contributed by atoms with van der Waals surface area (Å²) in [5, 5.41) is 19.1. The Morgan fingerprint density at radius 3 is 2.63 bits per heavy atom. The first kappa shape index (κ1) is 13.7. The van der Waals surface area contributed by atoms with Crippen LogP contribution in [-0.4, -0.2) is 31.3 Å². The maximum absolute atomic E-state index is 4.37. The van der Waals surface area contributed by atoms with E-state index in [4.69, 9.17) is 0 Å². The lowest BCUT2D eigenvalue weighted by Gasteiger charge is -2.33. The normalized spacial score (nSPS) is 14.0. The molecule has 0 spiro atoms. The maximum Gasteiger partial charge on any atom is 0.200 e. The Morgan fingerprint density at radius 2 is 2.00 bits per heavy atom. The van der Waals surface area contributed by atoms with E-state index in [9.17, 15) is 0 Å². The Labute approximate surface area is 113 Å². The van der Waals surface area contributed by atoms with Crippen LogP contribution in [0.3, 0.4) is 0 Å². The van der Waals surface area contributed by atoms with Crippen molar-refractivity contribution in [3.8, 4) is 0 Å². The van der Waals surface area contributed by atoms with Gasteiger partial charge in [-0.3, -0.25) is 0 Å². The molecule has 0 bridgehead atoms. The third-order valence-corrected chi connectivity index (χ3v) is 3.14. The van der Waals surface area contributed by atoms with E-state index in [-0.39, 0.29) is 5.41 Å². The monoisotopic (exact) mass is 262 g/mol. The molecule has 1 N–H and O–H groups in total. The molecule has 19 heavy (non-hydrogen) atoms. The zero-order chi connectivity index (χ0) is 14.0. The first-order valence-electron chi connectivity index (χ1n) is 6.68. The molecule has 0 saturated carbocycles. The molecule has 6 nitrogen and oxygen atoms in total. The van der Waals surface area contributed by atoms with Crippen LogP contribution < -0.4 is 5.32 Å². The molecule has 1 atom stereocenters. The molecule has 0 amide bonds. The first-order valence-corrected chi connectivity index (χ1v) is 6.68. The van der Waals surface area contributed by atoms with Gasteiger partial charge >= 0.3 is 0 Å². The molecule has 2 aromatic heterocycles. The first-order chi connectivity index (χ1) is 8.86. The fraction of sp³-hybridized carbons (Fsp3) is 0.692. The highest BCUT2D eigenvalue weighted by Gasteiger charge is 2.25. The van der Waals surface area contributed by atoms with Crippen LogP contribution in [0.2, 0.25) is 0 Å². The van der Waals surface area contributed by atoms with Crippen LogP contribution in [0.5, 0.6) is 0 Å². The van der Waals surface area contributed by atoms with Gasteiger partial charge in [-0.1, -0.05) is 34.6 Å². The Balaban J connectivity index is 2.20. The summed E-state index contributed by atoms with van der Waals surface area (Å²) in [6, 6.07) is 4.14. The number of hydrogen-bond acceptors (Lipinski definition) is 5. The summed E-state index contributed by atoms with van der Waals surface area (Å²) in [6.07, 6.45) is 1.10. The second-order valence-corrected chi connectivity index (χ2v) is 6.44. The van der Waals surface area contributed by atoms with Gasteiger partial charge in [0.05, 0.1) is 0 Å². The van der Waals surface area contributed by atoms with Gasteiger partial charge in [0.1, 0.15) is 5.82 Å². The molecular weight excluding hydrogens is 240 g/mol. The summed E-state index contributed by atoms with van der Waals surface area (Å²) in [5.41, 5.74) is 0.823. The number of tetrazole rings is 1. The summed E-state index contributed by atoms with van der Waals surface area (Å²) in [4.78, 5) is 0. The van der Waals surface area contributed by atoms with Crippen LogP contribution in [0.15, 0.2) is 12.1 Å². The molecule has 0 aromatic carbocycles. The molecular formula is C13H22N6. The Bertz CT molecular complexity index is 539. The van der Waals surface area contributed by atoms with E-state index in [1.807, 2.05) is 12.1 Å². The highest BCUT2D eigenvalue weighted by Crippen LogP contribution is 2.27. The molecule has 0 fully saturated rings. The summed E-state index contributed by atoms with van der Waals surface area (Å²) in [5.74, 6) is 1.44. The number of aromatic nitrogens is 5. The predicted molar refractivity (Wildman–Crippen MR) is 74.9 cm³/mol. The highest BCUT2D eigenvalue weighted by molar-refractivity contribution is 5.42. The number of rotatable bonds is 4. The van der Waals surface area contributed by atoms with Crippen LogP contribution in [-0.2, 0) is 0 Å². The topological polar surface area (TPSA) is 68.0 Å². The van der Waals surface area contributed by atoms with E-state index in [0.717, 1.165) is 12.2 Å². The summed E-state index contributed by atoms with van der Waals surface area (Å²) < 4.78 is 1.44. The van der Waals surface area contributed by atoms with Crippen molar-refractivity contribution in [1.29, 1.82) is 0 Å². The highest BCUT2D eigenvalue weighted by atomic mass is 15.6. The van der Waals surface area contributed by atoms with Crippen LogP contribution in [0, 0.1) is 11.3 Å². The van der Waals surface area contributed by atoms with Crippen molar-refractivity contribution in [2.45, 2.75) is 47.1 Å². The lowest BCUT2D eigenvalue weighted by molar-refractivity contribution is 0.300. The van der Waals surface area contributed by atoms with E-state index >= 15 is 0 Å². The molecule has 6 heteroatoms. The van der Waals surface area contributed by atoms with Gasteiger partial charge in [0, 0.05) is 6.04 Å². The molecule has 104 valence electrons. The van der Waals surface area contributed by atoms with Gasteiger partial charge in [0.2, 0.25) is 0 Å². The third kappa shape index (κ3) is 3.39. The lowest BCUT2D eigenvalue weighted by atomic mass is 9.82. The molecule has 0 unspecified atom stereocenters. The van der Waals surface area contributed by atoms with Gasteiger partial charge in [-0.2, -0.15) is 0 Å². The summed E-state index contributed by atoms with van der Waals surface area (Å²) in [6.45, 7) is 11.2. The minimum absolute atomic E-state index is 0.168. The van der Waals surface area contributed by atoms with Gasteiger partial charge in [-0.05, 0) is 40.3 Å². The molecule has 0 aliphatic carbocycles. The van der Waals surface area contributed by atoms with Crippen LogP contribution in [0.4, 0.5) is 5.82 Å². The van der Waals surface area contributed by atoms with Gasteiger partial charge in [0.25, 0.3) is 0 Å². The average Bonchev–Trinajstić information content (AvgIpc) is 2.73. The van der Waals surface area contributed by atoms with Crippen molar-refractivity contribution in [2.24, 2.45) is 11.3 Å². The van der Waals surface area contributed by atoms with Gasteiger partial charge in [0.15, 0.2) is 5.65 Å². The van der Waals surface area contributed by atoms with E-state index in [1.165, 1.54) is 4.63 Å². The minimum Gasteiger partial charge on any atom is -0.365 e. The zero-order valence-corrected chi connectivity index (χ0v) is 12.3. The van der Waals surface area contributed by atoms with Crippen molar-refractivity contribution < 1.29 is 0 Å². The minimum atomic E-state index is 0.168. The molecule has 0 aliphatic rings. The molecule has 0 radical (unpaired) electrons. The maximum atomic E-state index is 4.37. The van der Waals surface area contributed by atoms with Crippen LogP contribution in [0.25, 0.3) is 5.65 Å². The number of nitrogens with zero attached hydrogens (tertiary/aromatic N) is 5. The SMILES string of the molecule is CC(C)C[C@@H](Nc1ccc2nnnn2n1)C(C)(C)C. The van der Waals surface area contributed by atoms with Crippen molar-refractivity contribution in [3.05, 3.63) is 12.1 Å². The molecule has 0 aliphatic heterocycles. The predicted octanol–water partition coefficient (Wildman–Crippen LogP) is 2.39. The third-order valence-electron chi connectivity index (χ3n) is 3.14. The smallest absolute Gasteiger partial charge is 0.200 e. The number of hydrogen-bond donors (Lipinski definition) is 1. The molecule has 2 aromatic rings. The largest absolute Gasteiger partial charge is 0.365 e. The van der Waals surface area contributed by atoms with Crippen molar-refractivity contribution in [2.75, 3.05) is 5.32 Å². The molecule has 2 rings (SSSR count). The zero-order valence-electron chi connectivity index (χ0n) is 12.3. The number of nitrogens with one attached hydrogen (secondary N) is 1. The number of anilines is 1. The van der Waals surface area contributed by atoms with E-state index in [1.54, 1.807) is 0 Å². The molecule has 2 heterocycles. The summed E-state index contributed by atoms with van der Waals surface area (Å²) in [7, 11) is 0. The second-order valence-electron chi connectivity index (χ2n) is 6.44. The standard InChI is InChI=1S/C13H22N6/c1-9(2)8-10(13(3,4)5)14-11-6-7-12-15-17-18-19(12)16-11/h6-7,9-10H,8H2,1-5H3,(H,14,16)/t10-/m1/s1. The Morgan fingerprint density at radius 1 is 1.26 bits per heavy atom. The number of fused-ring (bicyclic) bond motifs is 1. The van der Waals surface area contributed by atoms with Crippen LogP contribution >= 0.6 is 0 Å². The second kappa shape index (κ2) is 5.11. The van der Waals surface area contributed by atoms with Gasteiger partial charge in [-0.15, -0.1) is 14.8 Å². The Kier molecular flexibility index (Phi) is 3.68. The fourth-order valence-corrected chi connectivity index (χ4v) is 2.01. The fourth-order valence-electron chi connectivity index (χ4n) is 2.01. The van der Waals surface area contributed by atoms with E-state index in [2.05, 4.69) is 60.6 Å². The summed E-state index contributed by atoms with van der Waals surface area (Å²) >= 11 is 0. The van der Waals surface area contributed by atoms with E-state index in [0.29, 0.717) is 17.6 Å². The molecule has 0 saturated heterocycles. The van der Waals surface area contributed by atoms with Gasteiger partial charge < -0.3 is 5.32 Å².